The molecule has 1 heterocycles. The molecule has 8 heteroatoms. The number of esters is 2. The fourth-order valence-electron chi connectivity index (χ4n) is 1.06. The highest BCUT2D eigenvalue weighted by atomic mass is 16.5. The molecule has 0 aromatic carbocycles. The lowest BCUT2D eigenvalue weighted by molar-refractivity contribution is 0.0581. The van der Waals surface area contributed by atoms with Gasteiger partial charge in [0.05, 0.1) is 25.5 Å². The van der Waals surface area contributed by atoms with Crippen LogP contribution in [0.1, 0.15) is 20.8 Å². The van der Waals surface area contributed by atoms with Gasteiger partial charge in [0, 0.05) is 11.1 Å². The summed E-state index contributed by atoms with van der Waals surface area (Å²) in [4.78, 5) is 28.7. The molecule has 0 atom stereocenters. The molecule has 0 aliphatic heterocycles. The van der Waals surface area contributed by atoms with Crippen molar-refractivity contribution in [1.82, 2.24) is 4.98 Å². The summed E-state index contributed by atoms with van der Waals surface area (Å²) in [5.74, 6) is -1.41. The van der Waals surface area contributed by atoms with Crippen LogP contribution in [-0.4, -0.2) is 31.1 Å². The first-order valence-electron chi connectivity index (χ1n) is 4.35. The molecule has 1 rings (SSSR count). The summed E-state index contributed by atoms with van der Waals surface area (Å²) in [7, 11) is 2.36. The van der Waals surface area contributed by atoms with Crippen LogP contribution in [0.5, 0.6) is 0 Å². The van der Waals surface area contributed by atoms with Gasteiger partial charge in [0.25, 0.3) is 0 Å². The minimum atomic E-state index is -0.712. The number of rotatable bonds is 3. The summed E-state index contributed by atoms with van der Waals surface area (Å²) in [6.45, 7) is 0. The molecule has 0 aliphatic rings. The van der Waals surface area contributed by atoms with E-state index in [0.717, 1.165) is 12.3 Å². The van der Waals surface area contributed by atoms with E-state index < -0.39 is 11.9 Å². The average molecular weight is 236 g/mol. The minimum Gasteiger partial charge on any atom is -0.465 e. The van der Waals surface area contributed by atoms with Crippen LogP contribution in [0.15, 0.2) is 17.4 Å². The van der Waals surface area contributed by atoms with E-state index in [2.05, 4.69) is 24.5 Å². The van der Waals surface area contributed by atoms with Crippen LogP contribution < -0.4 is 0 Å². The van der Waals surface area contributed by atoms with E-state index in [-0.39, 0.29) is 16.9 Å². The molecule has 0 spiro atoms. The predicted octanol–water partition coefficient (Wildman–Crippen LogP) is 1.60. The first-order valence-corrected chi connectivity index (χ1v) is 4.35. The molecule has 0 N–H and O–H groups in total. The lowest BCUT2D eigenvalue weighted by atomic mass is 10.2. The Labute approximate surface area is 95.8 Å². The van der Waals surface area contributed by atoms with Crippen molar-refractivity contribution in [2.45, 2.75) is 0 Å². The largest absolute Gasteiger partial charge is 0.465 e. The second kappa shape index (κ2) is 5.47. The molecule has 8 nitrogen and oxygen atoms in total. The number of hydrogen-bond donors (Lipinski definition) is 0. The zero-order chi connectivity index (χ0) is 12.8. The minimum absolute atomic E-state index is 0.0297. The van der Waals surface area contributed by atoms with Gasteiger partial charge in [0.15, 0.2) is 0 Å². The van der Waals surface area contributed by atoms with Crippen LogP contribution in [0.25, 0.3) is 10.4 Å². The van der Waals surface area contributed by atoms with Crippen LogP contribution in [0.4, 0.5) is 5.69 Å². The molecule has 0 saturated heterocycles. The second-order valence-corrected chi connectivity index (χ2v) is 2.76. The van der Waals surface area contributed by atoms with E-state index in [4.69, 9.17) is 5.53 Å². The average Bonchev–Trinajstić information content (AvgIpc) is 2.37. The molecule has 0 bridgehead atoms. The van der Waals surface area contributed by atoms with E-state index in [1.165, 1.54) is 14.2 Å². The monoisotopic (exact) mass is 236 g/mol. The summed E-state index contributed by atoms with van der Waals surface area (Å²) in [6.07, 6.45) is 1.09. The van der Waals surface area contributed by atoms with Gasteiger partial charge in [-0.15, -0.1) is 0 Å². The Morgan fingerprint density at radius 1 is 1.35 bits per heavy atom. The van der Waals surface area contributed by atoms with Gasteiger partial charge in [0.2, 0.25) is 0 Å². The lowest BCUT2D eigenvalue weighted by Crippen LogP contribution is -2.07. The highest BCUT2D eigenvalue weighted by Gasteiger charge is 2.15. The molecule has 1 aromatic rings. The zero-order valence-electron chi connectivity index (χ0n) is 9.08. The van der Waals surface area contributed by atoms with E-state index >= 15 is 0 Å². The third kappa shape index (κ3) is 2.70. The van der Waals surface area contributed by atoms with Gasteiger partial charge in [-0.1, -0.05) is 5.11 Å². The Hall–Kier alpha value is -2.60. The van der Waals surface area contributed by atoms with Crippen molar-refractivity contribution in [3.05, 3.63) is 34.0 Å². The molecule has 0 saturated carbocycles. The summed E-state index contributed by atoms with van der Waals surface area (Å²) in [6, 6.07) is 1.15. The smallest absolute Gasteiger partial charge is 0.356 e. The van der Waals surface area contributed by atoms with Gasteiger partial charge in [0.1, 0.15) is 5.69 Å². The number of methoxy groups -OCH3 is 2. The number of hydrogen-bond acceptors (Lipinski definition) is 6. The quantitative estimate of drug-likeness (QED) is 0.342. The zero-order valence-corrected chi connectivity index (χ0v) is 9.08. The van der Waals surface area contributed by atoms with Crippen molar-refractivity contribution in [3.8, 4) is 0 Å². The molecule has 1 aromatic heterocycles. The molecule has 17 heavy (non-hydrogen) atoms. The maximum atomic E-state index is 11.3. The number of nitrogens with zero attached hydrogens (tertiary/aromatic N) is 4. The van der Waals surface area contributed by atoms with Crippen LogP contribution in [-0.2, 0) is 9.47 Å². The normalized spacial score (nSPS) is 9.06. The number of aromatic nitrogens is 1. The number of ether oxygens (including phenoxy) is 2. The standard InChI is InChI=1S/C9H8N4O4/c1-16-8(14)5-4-11-7(9(15)17-2)3-6(5)12-13-10/h3-4H,1-2H3. The van der Waals surface area contributed by atoms with Crippen LogP contribution >= 0.6 is 0 Å². The van der Waals surface area contributed by atoms with Gasteiger partial charge in [-0.3, -0.25) is 0 Å². The first kappa shape index (κ1) is 12.5. The van der Waals surface area contributed by atoms with E-state index in [1.54, 1.807) is 0 Å². The summed E-state index contributed by atoms with van der Waals surface area (Å²) < 4.78 is 8.92. The lowest BCUT2D eigenvalue weighted by Gasteiger charge is -2.04. The molecule has 0 unspecified atom stereocenters. The highest BCUT2D eigenvalue weighted by molar-refractivity contribution is 5.96. The molecule has 0 amide bonds. The third-order valence-corrected chi connectivity index (χ3v) is 1.83. The fraction of sp³-hybridized carbons (Fsp3) is 0.222. The number of pyridine rings is 1. The van der Waals surface area contributed by atoms with Crippen molar-refractivity contribution in [3.63, 3.8) is 0 Å². The Kier molecular flexibility index (Phi) is 4.02. The second-order valence-electron chi connectivity index (χ2n) is 2.76. The van der Waals surface area contributed by atoms with Gasteiger partial charge in [-0.25, -0.2) is 14.6 Å². The maximum Gasteiger partial charge on any atom is 0.356 e. The van der Waals surface area contributed by atoms with Crippen LogP contribution in [0.3, 0.4) is 0 Å². The Balaban J connectivity index is 3.31. The molecule has 0 radical (unpaired) electrons. The Morgan fingerprint density at radius 3 is 2.53 bits per heavy atom. The van der Waals surface area contributed by atoms with Gasteiger partial charge in [-0.05, 0) is 11.6 Å². The number of carbonyl (C=O) groups excluding carboxylic acids is 2. The van der Waals surface area contributed by atoms with Crippen molar-refractivity contribution in [2.75, 3.05) is 14.2 Å². The maximum absolute atomic E-state index is 11.3. The summed E-state index contributed by atoms with van der Waals surface area (Å²) in [5.41, 5.74) is 8.21. The van der Waals surface area contributed by atoms with Gasteiger partial charge in [-0.2, -0.15) is 0 Å². The van der Waals surface area contributed by atoms with E-state index in [1.807, 2.05) is 0 Å². The van der Waals surface area contributed by atoms with Crippen molar-refractivity contribution in [1.29, 1.82) is 0 Å². The summed E-state index contributed by atoms with van der Waals surface area (Å²) >= 11 is 0. The number of carbonyl (C=O) groups is 2. The summed E-state index contributed by atoms with van der Waals surface area (Å²) in [5, 5.41) is 3.28. The molecule has 88 valence electrons. The molecular weight excluding hydrogens is 228 g/mol. The Morgan fingerprint density at radius 2 is 2.00 bits per heavy atom. The molecular formula is C9H8N4O4. The van der Waals surface area contributed by atoms with E-state index in [9.17, 15) is 9.59 Å². The van der Waals surface area contributed by atoms with Crippen LogP contribution in [0.2, 0.25) is 0 Å². The molecule has 0 aliphatic carbocycles. The predicted molar refractivity (Wildman–Crippen MR) is 55.7 cm³/mol. The van der Waals surface area contributed by atoms with E-state index in [0.29, 0.717) is 0 Å². The fourth-order valence-corrected chi connectivity index (χ4v) is 1.06. The van der Waals surface area contributed by atoms with Crippen molar-refractivity contribution in [2.24, 2.45) is 5.11 Å². The molecule has 0 fully saturated rings. The van der Waals surface area contributed by atoms with Crippen molar-refractivity contribution >= 4 is 17.6 Å². The Bertz CT molecular complexity index is 508. The van der Waals surface area contributed by atoms with Crippen molar-refractivity contribution < 1.29 is 19.1 Å². The van der Waals surface area contributed by atoms with Gasteiger partial charge < -0.3 is 9.47 Å². The number of azide groups is 1. The van der Waals surface area contributed by atoms with Gasteiger partial charge >= 0.3 is 11.9 Å². The highest BCUT2D eigenvalue weighted by Crippen LogP contribution is 2.20. The third-order valence-electron chi connectivity index (χ3n) is 1.83. The van der Waals surface area contributed by atoms with Crippen LogP contribution in [0, 0.1) is 0 Å². The first-order chi connectivity index (χ1) is 8.13. The topological polar surface area (TPSA) is 114 Å². The SMILES string of the molecule is COC(=O)c1cc(N=[N+]=[N-])c(C(=O)OC)cn1.